The number of para-hydroxylation sites is 2. The summed E-state index contributed by atoms with van der Waals surface area (Å²) in [5, 5.41) is 4.18. The van der Waals surface area contributed by atoms with E-state index in [4.69, 9.17) is 26.1 Å². The van der Waals surface area contributed by atoms with Crippen LogP contribution in [-0.2, 0) is 4.79 Å². The summed E-state index contributed by atoms with van der Waals surface area (Å²) in [6, 6.07) is 21.3. The molecule has 3 aromatic carbocycles. The number of ketones is 1. The van der Waals surface area contributed by atoms with E-state index in [0.717, 1.165) is 39.4 Å². The molecule has 2 heterocycles. The van der Waals surface area contributed by atoms with Crippen LogP contribution in [0.4, 0.5) is 5.95 Å². The second-order valence-electron chi connectivity index (χ2n) is 8.91. The molecule has 1 aliphatic heterocycles. The lowest BCUT2D eigenvalue weighted by Crippen LogP contribution is -2.33. The van der Waals surface area contributed by atoms with Gasteiger partial charge in [0.25, 0.3) is 0 Å². The second kappa shape index (κ2) is 8.47. The molecule has 7 heteroatoms. The van der Waals surface area contributed by atoms with E-state index in [1.54, 1.807) is 14.2 Å². The van der Waals surface area contributed by atoms with Crippen LogP contribution in [0.2, 0.25) is 5.02 Å². The van der Waals surface area contributed by atoms with Crippen molar-refractivity contribution in [2.75, 3.05) is 19.5 Å². The number of Topliss-reactive ketones (excluding diaryl/α,β-unsaturated/α-hetero) is 1. The van der Waals surface area contributed by atoms with Gasteiger partial charge < -0.3 is 14.8 Å². The highest BCUT2D eigenvalue weighted by Crippen LogP contribution is 2.47. The number of hydrogen-bond acceptors (Lipinski definition) is 5. The summed E-state index contributed by atoms with van der Waals surface area (Å²) < 4.78 is 13.2. The van der Waals surface area contributed by atoms with E-state index in [-0.39, 0.29) is 17.7 Å². The zero-order chi connectivity index (χ0) is 24.1. The first-order valence-corrected chi connectivity index (χ1v) is 11.9. The van der Waals surface area contributed by atoms with Gasteiger partial charge in [-0.2, -0.15) is 0 Å². The predicted molar refractivity (Wildman–Crippen MR) is 137 cm³/mol. The number of methoxy groups -OCH3 is 2. The monoisotopic (exact) mass is 485 g/mol. The Hall–Kier alpha value is -3.77. The summed E-state index contributed by atoms with van der Waals surface area (Å²) in [6.07, 6.45) is 1.13. The molecule has 0 radical (unpaired) electrons. The number of nitrogens with one attached hydrogen (secondary N) is 1. The first-order chi connectivity index (χ1) is 17.1. The van der Waals surface area contributed by atoms with Gasteiger partial charge in [-0.15, -0.1) is 0 Å². The number of halogens is 1. The van der Waals surface area contributed by atoms with E-state index in [1.165, 1.54) is 0 Å². The molecule has 0 bridgehead atoms. The van der Waals surface area contributed by atoms with Crippen molar-refractivity contribution in [3.63, 3.8) is 0 Å². The van der Waals surface area contributed by atoms with E-state index in [9.17, 15) is 4.79 Å². The molecule has 35 heavy (non-hydrogen) atoms. The lowest BCUT2D eigenvalue weighted by Gasteiger charge is -2.36. The molecule has 0 saturated carbocycles. The van der Waals surface area contributed by atoms with Crippen molar-refractivity contribution in [3.05, 3.63) is 94.1 Å². The number of ether oxygens (including phenoxy) is 2. The third-order valence-corrected chi connectivity index (χ3v) is 7.18. The van der Waals surface area contributed by atoms with Crippen molar-refractivity contribution in [1.82, 2.24) is 9.55 Å². The maximum Gasteiger partial charge on any atom is 0.209 e. The van der Waals surface area contributed by atoms with Gasteiger partial charge in [-0.3, -0.25) is 9.36 Å². The Balaban J connectivity index is 1.53. The van der Waals surface area contributed by atoms with Crippen LogP contribution in [0.15, 0.2) is 78.0 Å². The molecule has 0 saturated heterocycles. The van der Waals surface area contributed by atoms with E-state index in [1.807, 2.05) is 66.7 Å². The standard InChI is InChI=1S/C28H24ClN3O3/c1-34-24-11-10-17(15-25(24)35-2)27-26-21(31-28-30-20-8-3-4-9-22(20)32(27)28)13-18(14-23(26)33)16-6-5-7-19(29)12-16/h3-12,15,18,27H,13-14H2,1-2H3,(H,30,31). The van der Waals surface area contributed by atoms with Crippen LogP contribution >= 0.6 is 11.6 Å². The van der Waals surface area contributed by atoms with Crippen LogP contribution in [-0.4, -0.2) is 29.6 Å². The number of imidazole rings is 1. The van der Waals surface area contributed by atoms with Crippen LogP contribution < -0.4 is 14.8 Å². The Labute approximate surface area is 208 Å². The Bertz CT molecular complexity index is 1510. The van der Waals surface area contributed by atoms with Gasteiger partial charge in [-0.1, -0.05) is 41.9 Å². The van der Waals surface area contributed by atoms with Crippen molar-refractivity contribution >= 4 is 34.4 Å². The number of rotatable bonds is 4. The molecule has 4 aromatic rings. The fourth-order valence-electron chi connectivity index (χ4n) is 5.36. The summed E-state index contributed by atoms with van der Waals surface area (Å²) in [5.74, 6) is 2.16. The van der Waals surface area contributed by atoms with Gasteiger partial charge in [0.1, 0.15) is 0 Å². The summed E-state index contributed by atoms with van der Waals surface area (Å²) in [7, 11) is 3.24. The molecule has 1 N–H and O–H groups in total. The van der Waals surface area contributed by atoms with Crippen LogP contribution in [0, 0.1) is 0 Å². The number of hydrogen-bond donors (Lipinski definition) is 1. The number of nitrogens with zero attached hydrogens (tertiary/aromatic N) is 2. The Morgan fingerprint density at radius 2 is 1.77 bits per heavy atom. The van der Waals surface area contributed by atoms with Crippen molar-refractivity contribution in [3.8, 4) is 11.5 Å². The van der Waals surface area contributed by atoms with Crippen molar-refractivity contribution in [2.24, 2.45) is 0 Å². The lowest BCUT2D eigenvalue weighted by molar-refractivity contribution is -0.116. The number of anilines is 1. The van der Waals surface area contributed by atoms with E-state index in [0.29, 0.717) is 29.4 Å². The predicted octanol–water partition coefficient (Wildman–Crippen LogP) is 6.12. The molecule has 6 rings (SSSR count). The normalized spacial score (nSPS) is 19.2. The number of aromatic nitrogens is 2. The molecule has 176 valence electrons. The number of carbonyl (C=O) groups is 1. The highest BCUT2D eigenvalue weighted by molar-refractivity contribution is 6.30. The van der Waals surface area contributed by atoms with E-state index in [2.05, 4.69) is 9.88 Å². The minimum absolute atomic E-state index is 0.0504. The zero-order valence-corrected chi connectivity index (χ0v) is 20.2. The molecule has 0 fully saturated rings. The molecule has 0 spiro atoms. The summed E-state index contributed by atoms with van der Waals surface area (Å²) in [5.41, 5.74) is 5.53. The van der Waals surface area contributed by atoms with Crippen molar-refractivity contribution < 1.29 is 14.3 Å². The van der Waals surface area contributed by atoms with Gasteiger partial charge in [0.05, 0.1) is 31.3 Å². The van der Waals surface area contributed by atoms with Gasteiger partial charge in [0, 0.05) is 22.7 Å². The number of benzene rings is 3. The molecule has 2 atom stereocenters. The van der Waals surface area contributed by atoms with Crippen LogP contribution in [0.1, 0.15) is 35.9 Å². The number of allylic oxidation sites excluding steroid dienone is 2. The molecule has 1 aliphatic carbocycles. The highest BCUT2D eigenvalue weighted by atomic mass is 35.5. The number of fused-ring (bicyclic) bond motifs is 3. The molecule has 0 amide bonds. The maximum atomic E-state index is 13.8. The third-order valence-electron chi connectivity index (χ3n) is 6.94. The molecule has 6 nitrogen and oxygen atoms in total. The molecule has 2 aliphatic rings. The summed E-state index contributed by atoms with van der Waals surface area (Å²) in [6.45, 7) is 0. The SMILES string of the molecule is COc1ccc(C2C3=C(CC(c4cccc(Cl)c4)CC3=O)Nc3nc4ccccc4n32)cc1OC. The molecular formula is C28H24ClN3O3. The van der Waals surface area contributed by atoms with Gasteiger partial charge in [0.2, 0.25) is 5.95 Å². The Kier molecular flexibility index (Phi) is 5.26. The van der Waals surface area contributed by atoms with Crippen LogP contribution in [0.25, 0.3) is 11.0 Å². The minimum Gasteiger partial charge on any atom is -0.493 e. The first kappa shape index (κ1) is 21.7. The fourth-order valence-corrected chi connectivity index (χ4v) is 5.56. The van der Waals surface area contributed by atoms with E-state index >= 15 is 0 Å². The first-order valence-electron chi connectivity index (χ1n) is 11.5. The highest BCUT2D eigenvalue weighted by Gasteiger charge is 2.39. The Morgan fingerprint density at radius 3 is 2.57 bits per heavy atom. The quantitative estimate of drug-likeness (QED) is 0.377. The minimum atomic E-state index is -0.332. The van der Waals surface area contributed by atoms with Gasteiger partial charge in [-0.25, -0.2) is 4.98 Å². The topological polar surface area (TPSA) is 65.4 Å². The smallest absolute Gasteiger partial charge is 0.209 e. The second-order valence-corrected chi connectivity index (χ2v) is 9.35. The Morgan fingerprint density at radius 1 is 0.943 bits per heavy atom. The van der Waals surface area contributed by atoms with Gasteiger partial charge in [-0.05, 0) is 59.9 Å². The molecule has 1 aromatic heterocycles. The zero-order valence-electron chi connectivity index (χ0n) is 19.4. The van der Waals surface area contributed by atoms with Crippen molar-refractivity contribution in [2.45, 2.75) is 24.8 Å². The van der Waals surface area contributed by atoms with Crippen LogP contribution in [0.3, 0.4) is 0 Å². The number of carbonyl (C=O) groups excluding carboxylic acids is 1. The third kappa shape index (κ3) is 3.56. The summed E-state index contributed by atoms with van der Waals surface area (Å²) >= 11 is 6.26. The molecule has 2 unspecified atom stereocenters. The summed E-state index contributed by atoms with van der Waals surface area (Å²) in [4.78, 5) is 18.7. The van der Waals surface area contributed by atoms with Crippen LogP contribution in [0.5, 0.6) is 11.5 Å². The average Bonchev–Trinajstić information content (AvgIpc) is 3.25. The van der Waals surface area contributed by atoms with Crippen molar-refractivity contribution in [1.29, 1.82) is 0 Å². The average molecular weight is 486 g/mol. The van der Waals surface area contributed by atoms with Gasteiger partial charge >= 0.3 is 0 Å². The maximum absolute atomic E-state index is 13.8. The fraction of sp³-hybridized carbons (Fsp3) is 0.214. The lowest BCUT2D eigenvalue weighted by atomic mass is 9.77. The van der Waals surface area contributed by atoms with E-state index < -0.39 is 0 Å². The largest absolute Gasteiger partial charge is 0.493 e. The molecular weight excluding hydrogens is 462 g/mol. The van der Waals surface area contributed by atoms with Gasteiger partial charge in [0.15, 0.2) is 17.3 Å².